The van der Waals surface area contributed by atoms with Gasteiger partial charge in [-0.15, -0.1) is 0 Å². The van der Waals surface area contributed by atoms with Crippen LogP contribution in [0.2, 0.25) is 0 Å². The highest BCUT2D eigenvalue weighted by atomic mass is 19.1. The number of rotatable bonds is 4. The van der Waals surface area contributed by atoms with Gasteiger partial charge < -0.3 is 9.64 Å². The molecule has 2 unspecified atom stereocenters. The van der Waals surface area contributed by atoms with Gasteiger partial charge in [-0.25, -0.2) is 9.82 Å². The van der Waals surface area contributed by atoms with Crippen LogP contribution in [0.4, 0.5) is 4.39 Å². The fraction of sp³-hybridized carbons (Fsp3) is 0.562. The maximum Gasteiger partial charge on any atom is 0.229 e. The number of carbonyl (C=O) groups is 1. The Kier molecular flexibility index (Phi) is 4.71. The molecule has 1 aromatic rings. The van der Waals surface area contributed by atoms with E-state index in [0.29, 0.717) is 13.2 Å². The Morgan fingerprint density at radius 1 is 1.50 bits per heavy atom. The number of hydrazine groups is 1. The molecule has 0 aliphatic carbocycles. The van der Waals surface area contributed by atoms with E-state index in [1.54, 1.807) is 13.2 Å². The fourth-order valence-corrected chi connectivity index (χ4v) is 3.45. The molecule has 3 atom stereocenters. The van der Waals surface area contributed by atoms with E-state index >= 15 is 0 Å². The molecular formula is C16H22FN3O2. The lowest BCUT2D eigenvalue weighted by Gasteiger charge is -2.29. The summed E-state index contributed by atoms with van der Waals surface area (Å²) in [5, 5.41) is 0. The molecule has 0 radical (unpaired) electrons. The first kappa shape index (κ1) is 15.4. The average Bonchev–Trinajstić information content (AvgIpc) is 3.16. The van der Waals surface area contributed by atoms with Crippen LogP contribution in [0.1, 0.15) is 24.4 Å². The molecule has 0 bridgehead atoms. The predicted molar refractivity (Wildman–Crippen MR) is 80.4 cm³/mol. The fourth-order valence-electron chi connectivity index (χ4n) is 3.45. The molecule has 0 saturated carbocycles. The van der Waals surface area contributed by atoms with Crippen LogP contribution in [-0.4, -0.2) is 43.7 Å². The molecule has 1 aromatic carbocycles. The van der Waals surface area contributed by atoms with Crippen LogP contribution in [0.3, 0.4) is 0 Å². The monoisotopic (exact) mass is 307 g/mol. The zero-order valence-corrected chi connectivity index (χ0v) is 12.7. The zero-order chi connectivity index (χ0) is 15.5. The van der Waals surface area contributed by atoms with Crippen LogP contribution in [0, 0.1) is 11.7 Å². The molecule has 22 heavy (non-hydrogen) atoms. The molecule has 2 aliphatic heterocycles. The van der Waals surface area contributed by atoms with E-state index in [1.807, 2.05) is 11.0 Å². The average molecular weight is 307 g/mol. The van der Waals surface area contributed by atoms with E-state index in [4.69, 9.17) is 4.74 Å². The van der Waals surface area contributed by atoms with Crippen molar-refractivity contribution in [2.24, 2.45) is 5.92 Å². The number of benzene rings is 1. The number of nitrogens with one attached hydrogen (secondary N) is 2. The molecule has 6 heteroatoms. The number of halogens is 1. The Morgan fingerprint density at radius 3 is 3.14 bits per heavy atom. The molecule has 2 saturated heterocycles. The lowest BCUT2D eigenvalue weighted by molar-refractivity contribution is -0.137. The number of hydrogen-bond donors (Lipinski definition) is 2. The molecule has 2 aliphatic rings. The number of methoxy groups -OCH3 is 1. The van der Waals surface area contributed by atoms with Crippen LogP contribution in [-0.2, 0) is 9.53 Å². The van der Waals surface area contributed by atoms with Gasteiger partial charge in [-0.1, -0.05) is 12.1 Å². The summed E-state index contributed by atoms with van der Waals surface area (Å²) in [5.41, 5.74) is 6.94. The normalized spacial score (nSPS) is 28.3. The Morgan fingerprint density at radius 2 is 2.36 bits per heavy atom. The van der Waals surface area contributed by atoms with Gasteiger partial charge in [0.15, 0.2) is 0 Å². The number of amides is 1. The van der Waals surface area contributed by atoms with Gasteiger partial charge in [0.05, 0.1) is 24.6 Å². The van der Waals surface area contributed by atoms with E-state index in [-0.39, 0.29) is 29.7 Å². The van der Waals surface area contributed by atoms with Gasteiger partial charge in [-0.3, -0.25) is 10.2 Å². The molecule has 1 amide bonds. The van der Waals surface area contributed by atoms with E-state index in [2.05, 4.69) is 10.9 Å². The van der Waals surface area contributed by atoms with Gasteiger partial charge in [-0.05, 0) is 30.5 Å². The largest absolute Gasteiger partial charge is 0.383 e. The van der Waals surface area contributed by atoms with Crippen LogP contribution < -0.4 is 10.9 Å². The molecular weight excluding hydrogens is 285 g/mol. The van der Waals surface area contributed by atoms with Gasteiger partial charge in [0.2, 0.25) is 5.91 Å². The topological polar surface area (TPSA) is 53.6 Å². The Hall–Kier alpha value is -1.50. The van der Waals surface area contributed by atoms with Crippen molar-refractivity contribution in [2.75, 3.05) is 26.8 Å². The molecule has 2 heterocycles. The maximum atomic E-state index is 13.5. The zero-order valence-electron chi connectivity index (χ0n) is 12.7. The quantitative estimate of drug-likeness (QED) is 0.878. The molecule has 0 spiro atoms. The number of ether oxygens (including phenoxy) is 1. The summed E-state index contributed by atoms with van der Waals surface area (Å²) in [6.07, 6.45) is 2.00. The standard InChI is InChI=1S/C16H22FN3O2/c1-22-10-13-6-3-7-20(13)16(21)14-9-18-19-15(14)11-4-2-5-12(17)8-11/h2,4-5,8,13-15,18-19H,3,6-7,9-10H2,1H3/t13-,14?,15?/m1/s1. The minimum atomic E-state index is -0.282. The van der Waals surface area contributed by atoms with Crippen molar-refractivity contribution in [3.05, 3.63) is 35.6 Å². The first-order chi connectivity index (χ1) is 10.7. The summed E-state index contributed by atoms with van der Waals surface area (Å²) in [4.78, 5) is 14.8. The number of likely N-dealkylation sites (tertiary alicyclic amines) is 1. The van der Waals surface area contributed by atoms with Gasteiger partial charge in [0, 0.05) is 20.2 Å². The molecule has 5 nitrogen and oxygen atoms in total. The minimum Gasteiger partial charge on any atom is -0.383 e. The Balaban J connectivity index is 1.76. The minimum absolute atomic E-state index is 0.117. The maximum absolute atomic E-state index is 13.5. The van der Waals surface area contributed by atoms with E-state index in [9.17, 15) is 9.18 Å². The second-order valence-electron chi connectivity index (χ2n) is 5.95. The van der Waals surface area contributed by atoms with Crippen molar-refractivity contribution in [1.29, 1.82) is 0 Å². The van der Waals surface area contributed by atoms with Crippen molar-refractivity contribution in [3.63, 3.8) is 0 Å². The smallest absolute Gasteiger partial charge is 0.229 e. The Labute approximate surface area is 129 Å². The summed E-state index contributed by atoms with van der Waals surface area (Å²) in [7, 11) is 1.66. The molecule has 120 valence electrons. The van der Waals surface area contributed by atoms with Gasteiger partial charge >= 0.3 is 0 Å². The van der Waals surface area contributed by atoms with Crippen LogP contribution in [0.25, 0.3) is 0 Å². The summed E-state index contributed by atoms with van der Waals surface area (Å²) in [6.45, 7) is 1.90. The third kappa shape index (κ3) is 2.99. The predicted octanol–water partition coefficient (Wildman–Crippen LogP) is 1.23. The second kappa shape index (κ2) is 6.73. The number of nitrogens with zero attached hydrogens (tertiary/aromatic N) is 1. The number of hydrogen-bond acceptors (Lipinski definition) is 4. The summed E-state index contributed by atoms with van der Waals surface area (Å²) < 4.78 is 18.7. The van der Waals surface area contributed by atoms with Crippen LogP contribution in [0.5, 0.6) is 0 Å². The second-order valence-corrected chi connectivity index (χ2v) is 5.95. The van der Waals surface area contributed by atoms with Crippen molar-refractivity contribution in [3.8, 4) is 0 Å². The van der Waals surface area contributed by atoms with Gasteiger partial charge in [0.25, 0.3) is 0 Å². The third-order valence-corrected chi connectivity index (χ3v) is 4.53. The molecule has 2 fully saturated rings. The third-order valence-electron chi connectivity index (χ3n) is 4.53. The first-order valence-corrected chi connectivity index (χ1v) is 7.74. The van der Waals surface area contributed by atoms with Crippen LogP contribution in [0.15, 0.2) is 24.3 Å². The highest BCUT2D eigenvalue weighted by Crippen LogP contribution is 2.29. The SMILES string of the molecule is COC[C@H]1CCCN1C(=O)C1CNNC1c1cccc(F)c1. The highest BCUT2D eigenvalue weighted by molar-refractivity contribution is 5.81. The lowest BCUT2D eigenvalue weighted by Crippen LogP contribution is -2.43. The Bertz CT molecular complexity index is 540. The molecule has 0 aromatic heterocycles. The number of carbonyl (C=O) groups excluding carboxylic acids is 1. The van der Waals surface area contributed by atoms with Crippen molar-refractivity contribution < 1.29 is 13.9 Å². The van der Waals surface area contributed by atoms with Crippen molar-refractivity contribution in [2.45, 2.75) is 24.9 Å². The van der Waals surface area contributed by atoms with Gasteiger partial charge in [0.1, 0.15) is 5.82 Å². The summed E-state index contributed by atoms with van der Waals surface area (Å²) in [5.74, 6) is -0.388. The highest BCUT2D eigenvalue weighted by Gasteiger charge is 2.40. The molecule has 3 rings (SSSR count). The first-order valence-electron chi connectivity index (χ1n) is 7.74. The van der Waals surface area contributed by atoms with Crippen molar-refractivity contribution in [1.82, 2.24) is 15.8 Å². The van der Waals surface area contributed by atoms with E-state index in [0.717, 1.165) is 24.9 Å². The van der Waals surface area contributed by atoms with E-state index < -0.39 is 0 Å². The molecule has 2 N–H and O–H groups in total. The van der Waals surface area contributed by atoms with Crippen LogP contribution >= 0.6 is 0 Å². The van der Waals surface area contributed by atoms with Gasteiger partial charge in [-0.2, -0.15) is 0 Å². The van der Waals surface area contributed by atoms with Crippen molar-refractivity contribution >= 4 is 5.91 Å². The lowest BCUT2D eigenvalue weighted by atomic mass is 9.93. The van der Waals surface area contributed by atoms with E-state index in [1.165, 1.54) is 12.1 Å². The summed E-state index contributed by atoms with van der Waals surface area (Å²) >= 11 is 0. The summed E-state index contributed by atoms with van der Waals surface area (Å²) in [6, 6.07) is 6.39.